The Morgan fingerprint density at radius 1 is 0.709 bits per heavy atom. The number of β-amino-alcohol motifs (C(OH)–C–C–N with tert-alkyl or cyclic N) is 1. The zero-order valence-electron chi connectivity index (χ0n) is 32.4. The molecule has 8 bridgehead atoms. The van der Waals surface area contributed by atoms with Crippen molar-refractivity contribution < 1.29 is 19.8 Å². The number of anilines is 2. The first-order valence-corrected chi connectivity index (χ1v) is 22.3. The predicted molar refractivity (Wildman–Crippen MR) is 214 cm³/mol. The quantitative estimate of drug-likeness (QED) is 0.207. The first kappa shape index (κ1) is 39.3. The molecule has 0 aromatic carbocycles. The average Bonchev–Trinajstić information content (AvgIpc) is 3.14. The smallest absolute Gasteiger partial charge is 0.226 e. The van der Waals surface area contributed by atoms with Crippen LogP contribution in [-0.2, 0) is 35.5 Å². The maximum absolute atomic E-state index is 12.9. The second-order valence-electron chi connectivity index (χ2n) is 18.7. The molecule has 8 fully saturated rings. The second kappa shape index (κ2) is 17.1. The van der Waals surface area contributed by atoms with Gasteiger partial charge in [0, 0.05) is 55.5 Å². The zero-order valence-corrected chi connectivity index (χ0v) is 34.0. The van der Waals surface area contributed by atoms with Gasteiger partial charge in [-0.1, -0.05) is 15.9 Å². The van der Waals surface area contributed by atoms with E-state index in [1.54, 1.807) is 12.7 Å². The van der Waals surface area contributed by atoms with Gasteiger partial charge in [0.2, 0.25) is 11.8 Å². The summed E-state index contributed by atoms with van der Waals surface area (Å²) in [6.45, 7) is 4.36. The van der Waals surface area contributed by atoms with Crippen LogP contribution in [0.2, 0.25) is 0 Å². The van der Waals surface area contributed by atoms with Crippen LogP contribution in [0.5, 0.6) is 0 Å². The highest BCUT2D eigenvalue weighted by atomic mass is 79.9. The van der Waals surface area contributed by atoms with Gasteiger partial charge in [0.05, 0.1) is 24.6 Å². The van der Waals surface area contributed by atoms with Crippen LogP contribution in [0.4, 0.5) is 11.6 Å². The Morgan fingerprint density at radius 3 is 1.62 bits per heavy atom. The molecule has 2 amide bonds. The summed E-state index contributed by atoms with van der Waals surface area (Å²) in [6, 6.07) is 0. The Bertz CT molecular complexity index is 1620. The van der Waals surface area contributed by atoms with Crippen molar-refractivity contribution in [2.45, 2.75) is 116 Å². The number of amides is 2. The predicted octanol–water partition coefficient (Wildman–Crippen LogP) is 5.41. The van der Waals surface area contributed by atoms with E-state index >= 15 is 0 Å². The molecular formula is C42H61BrN8O4. The highest BCUT2D eigenvalue weighted by Gasteiger charge is 2.52. The number of halogens is 1. The summed E-state index contributed by atoms with van der Waals surface area (Å²) in [7, 11) is 0. The minimum atomic E-state index is 0.135. The number of nitrogens with zero attached hydrogens (tertiary/aromatic N) is 5. The molecule has 0 unspecified atom stereocenters. The lowest BCUT2D eigenvalue weighted by Crippen LogP contribution is -2.47. The number of aliphatic hydroxyl groups excluding tert-OH is 2. The van der Waals surface area contributed by atoms with E-state index in [0.717, 1.165) is 103 Å². The van der Waals surface area contributed by atoms with Crippen molar-refractivity contribution in [2.75, 3.05) is 48.8 Å². The van der Waals surface area contributed by atoms with Crippen molar-refractivity contribution in [3.63, 3.8) is 0 Å². The van der Waals surface area contributed by atoms with Crippen molar-refractivity contribution in [1.29, 1.82) is 0 Å². The third kappa shape index (κ3) is 9.11. The van der Waals surface area contributed by atoms with Crippen LogP contribution in [0.15, 0.2) is 12.7 Å². The fraction of sp³-hybridized carbons (Fsp3) is 0.762. The van der Waals surface area contributed by atoms with E-state index in [-0.39, 0.29) is 35.9 Å². The van der Waals surface area contributed by atoms with Gasteiger partial charge in [0.25, 0.3) is 0 Å². The van der Waals surface area contributed by atoms with Gasteiger partial charge in [0.1, 0.15) is 24.3 Å². The summed E-state index contributed by atoms with van der Waals surface area (Å²) in [5, 5.41) is 27.3. The number of nitrogens with one attached hydrogen (secondary N) is 3. The Kier molecular flexibility index (Phi) is 12.2. The molecule has 12 nitrogen and oxygen atoms in total. The van der Waals surface area contributed by atoms with E-state index in [9.17, 15) is 9.59 Å². The number of hydrogen-bond donors (Lipinski definition) is 5. The molecule has 12 rings (SSSR count). The Labute approximate surface area is 334 Å². The fourth-order valence-corrected chi connectivity index (χ4v) is 13.3. The lowest BCUT2D eigenvalue weighted by molar-refractivity contribution is -0.125. The van der Waals surface area contributed by atoms with Gasteiger partial charge in [-0.25, -0.2) is 19.9 Å². The number of aliphatic hydroxyl groups is 2. The lowest BCUT2D eigenvalue weighted by atomic mass is 9.49. The summed E-state index contributed by atoms with van der Waals surface area (Å²) < 4.78 is 0. The first-order chi connectivity index (χ1) is 26.7. The molecular weight excluding hydrogens is 760 g/mol. The van der Waals surface area contributed by atoms with Crippen molar-refractivity contribution in [3.05, 3.63) is 35.2 Å². The number of hydrogen-bond acceptors (Lipinski definition) is 10. The maximum atomic E-state index is 12.9. The summed E-state index contributed by atoms with van der Waals surface area (Å²) in [5.41, 5.74) is 4.74. The molecule has 8 aliphatic carbocycles. The van der Waals surface area contributed by atoms with E-state index in [1.165, 1.54) is 77.0 Å². The van der Waals surface area contributed by atoms with E-state index in [2.05, 4.69) is 56.7 Å². The minimum Gasteiger partial charge on any atom is -0.396 e. The summed E-state index contributed by atoms with van der Waals surface area (Å²) in [6.07, 6.45) is 22.3. The summed E-state index contributed by atoms with van der Waals surface area (Å²) >= 11 is 3.00. The molecule has 0 atom stereocenters. The van der Waals surface area contributed by atoms with Crippen LogP contribution >= 0.6 is 15.9 Å². The molecule has 0 spiro atoms. The van der Waals surface area contributed by atoms with Crippen LogP contribution in [0, 0.1) is 46.3 Å². The molecule has 2 aromatic rings. The summed E-state index contributed by atoms with van der Waals surface area (Å²) in [4.78, 5) is 45.4. The normalized spacial score (nSPS) is 33.4. The third-order valence-corrected chi connectivity index (χ3v) is 14.7. The number of alkyl halides is 1. The fourth-order valence-electron chi connectivity index (χ4n) is 13.3. The van der Waals surface area contributed by atoms with E-state index in [4.69, 9.17) is 10.2 Å². The average molecular weight is 822 g/mol. The van der Waals surface area contributed by atoms with Crippen molar-refractivity contribution in [2.24, 2.45) is 46.3 Å². The molecule has 4 heterocycles. The Hall–Kier alpha value is -2.58. The van der Waals surface area contributed by atoms with Gasteiger partial charge in [0.15, 0.2) is 0 Å². The zero-order chi connectivity index (χ0) is 38.0. The number of carbonyl (C=O) groups excluding carboxylic acids is 2. The molecule has 10 aliphatic rings. The van der Waals surface area contributed by atoms with Crippen LogP contribution in [0.25, 0.3) is 0 Å². The Morgan fingerprint density at radius 2 is 1.16 bits per heavy atom. The Balaban J connectivity index is 0.000000143. The minimum absolute atomic E-state index is 0.135. The van der Waals surface area contributed by atoms with Gasteiger partial charge in [-0.15, -0.1) is 0 Å². The molecule has 13 heteroatoms. The largest absolute Gasteiger partial charge is 0.396 e. The molecule has 55 heavy (non-hydrogen) atoms. The maximum Gasteiger partial charge on any atom is 0.226 e. The molecule has 0 saturated heterocycles. The summed E-state index contributed by atoms with van der Waals surface area (Å²) in [5.74, 6) is 7.03. The SMILES string of the molecule is O=C(CC12CC3CC(CC(C3)C1)C2)Nc1ncnc2c1CCN(CCO)C2.O=C(CC12CC3CC(CC(C3)C1)C2)Nc1ncnc2c1CCNC2.OCCBr. The molecule has 2 aliphatic heterocycles. The van der Waals surface area contributed by atoms with Gasteiger partial charge in [-0.2, -0.15) is 0 Å². The van der Waals surface area contributed by atoms with E-state index < -0.39 is 0 Å². The van der Waals surface area contributed by atoms with Crippen LogP contribution in [0.3, 0.4) is 0 Å². The highest BCUT2D eigenvalue weighted by Crippen LogP contribution is 2.62. The molecule has 300 valence electrons. The monoisotopic (exact) mass is 820 g/mol. The van der Waals surface area contributed by atoms with E-state index in [1.807, 2.05) is 0 Å². The lowest BCUT2D eigenvalue weighted by Gasteiger charge is -2.56. The molecule has 8 saturated carbocycles. The van der Waals surface area contributed by atoms with Gasteiger partial charge < -0.3 is 26.2 Å². The van der Waals surface area contributed by atoms with Gasteiger partial charge in [-0.05, 0) is 143 Å². The highest BCUT2D eigenvalue weighted by molar-refractivity contribution is 9.09. The van der Waals surface area contributed by atoms with Crippen molar-refractivity contribution in [3.8, 4) is 0 Å². The molecule has 2 aromatic heterocycles. The van der Waals surface area contributed by atoms with Crippen LogP contribution in [0.1, 0.15) is 112 Å². The van der Waals surface area contributed by atoms with Crippen LogP contribution in [-0.4, -0.2) is 85.0 Å². The standard InChI is InChI=1S/C21H30N4O2.C19H26N4O.C2H5BrO/c26-4-3-25-2-1-17-18(12-25)22-13-23-20(17)24-19(27)11-21-8-14-5-15(9-21)7-16(6-14)10-21;24-17(23-18-15-1-2-20-10-16(15)21-11-22-18)9-19-6-12-3-13(7-19)5-14(4-12)8-19;3-1-2-4/h13-16,26H,1-12H2,(H,22,23,24,27);11-14,20H,1-10H2,(H,21,22,23,24);4H,1-2H2. The van der Waals surface area contributed by atoms with E-state index in [0.29, 0.717) is 30.5 Å². The van der Waals surface area contributed by atoms with Crippen LogP contribution < -0.4 is 16.0 Å². The number of rotatable bonds is 9. The van der Waals surface area contributed by atoms with Gasteiger partial charge >= 0.3 is 0 Å². The third-order valence-electron chi connectivity index (χ3n) is 14.4. The molecule has 5 N–H and O–H groups in total. The topological polar surface area (TPSA) is 165 Å². The van der Waals surface area contributed by atoms with Gasteiger partial charge in [-0.3, -0.25) is 14.5 Å². The van der Waals surface area contributed by atoms with Crippen molar-refractivity contribution >= 4 is 39.4 Å². The molecule has 0 radical (unpaired) electrons. The first-order valence-electron chi connectivity index (χ1n) is 21.2. The number of fused-ring (bicyclic) bond motifs is 2. The number of aromatic nitrogens is 4. The number of carbonyl (C=O) groups is 2. The second-order valence-corrected chi connectivity index (χ2v) is 19.5. The van der Waals surface area contributed by atoms with Crippen molar-refractivity contribution in [1.82, 2.24) is 30.2 Å².